The Kier molecular flexibility index (Phi) is 4.22. The van der Waals surface area contributed by atoms with Crippen LogP contribution in [0.15, 0.2) is 0 Å². The molecule has 0 aromatic rings. The summed E-state index contributed by atoms with van der Waals surface area (Å²) in [5.74, 6) is 0.831. The zero-order valence-corrected chi connectivity index (χ0v) is 8.38. The van der Waals surface area contributed by atoms with E-state index in [0.717, 1.165) is 6.42 Å². The molecule has 0 aromatic carbocycles. The second-order valence-electron chi connectivity index (χ2n) is 3.91. The number of hydrogen-bond acceptors (Lipinski definition) is 2. The number of rotatable bonds is 5. The molecule has 13 heavy (non-hydrogen) atoms. The third kappa shape index (κ3) is 3.35. The largest absolute Gasteiger partial charge is 0.352 e. The zero-order valence-electron chi connectivity index (χ0n) is 8.38. The Hall–Kier alpha value is -0.570. The lowest BCUT2D eigenvalue weighted by Crippen LogP contribution is -2.40. The smallest absolute Gasteiger partial charge is 0.220 e. The molecule has 3 N–H and O–H groups in total. The minimum absolute atomic E-state index is 0.174. The Morgan fingerprint density at radius 3 is 2.69 bits per heavy atom. The number of nitrogens with one attached hydrogen (secondary N) is 1. The standard InChI is InChI=1S/C10H20N2O/c1-2-9(7-11)12-10(13)6-8-4-3-5-8/h8-9H,2-7,11H2,1H3,(H,12,13). The van der Waals surface area contributed by atoms with Crippen molar-refractivity contribution in [3.8, 4) is 0 Å². The predicted molar refractivity (Wildman–Crippen MR) is 53.2 cm³/mol. The van der Waals surface area contributed by atoms with Crippen molar-refractivity contribution in [2.75, 3.05) is 6.54 Å². The first kappa shape index (κ1) is 10.5. The van der Waals surface area contributed by atoms with E-state index in [-0.39, 0.29) is 11.9 Å². The molecule has 1 fully saturated rings. The number of amides is 1. The Balaban J connectivity index is 2.14. The highest BCUT2D eigenvalue weighted by Gasteiger charge is 2.21. The van der Waals surface area contributed by atoms with Crippen molar-refractivity contribution < 1.29 is 4.79 Å². The van der Waals surface area contributed by atoms with E-state index in [9.17, 15) is 4.79 Å². The van der Waals surface area contributed by atoms with Gasteiger partial charge in [-0.2, -0.15) is 0 Å². The molecule has 3 heteroatoms. The molecule has 0 bridgehead atoms. The maximum atomic E-state index is 11.4. The summed E-state index contributed by atoms with van der Waals surface area (Å²) in [6.07, 6.45) is 5.38. The van der Waals surface area contributed by atoms with E-state index in [2.05, 4.69) is 5.32 Å². The number of carbonyl (C=O) groups is 1. The quantitative estimate of drug-likeness (QED) is 0.670. The second kappa shape index (κ2) is 5.22. The van der Waals surface area contributed by atoms with Crippen LogP contribution in [-0.2, 0) is 4.79 Å². The SMILES string of the molecule is CCC(CN)NC(=O)CC1CCC1. The van der Waals surface area contributed by atoms with Crippen LogP contribution in [0.3, 0.4) is 0 Å². The van der Waals surface area contributed by atoms with E-state index in [0.29, 0.717) is 18.9 Å². The molecular weight excluding hydrogens is 164 g/mol. The monoisotopic (exact) mass is 184 g/mol. The van der Waals surface area contributed by atoms with Gasteiger partial charge in [-0.3, -0.25) is 4.79 Å². The van der Waals surface area contributed by atoms with Crippen LogP contribution in [-0.4, -0.2) is 18.5 Å². The molecule has 0 radical (unpaired) electrons. The Morgan fingerprint density at radius 1 is 1.62 bits per heavy atom. The molecule has 0 saturated heterocycles. The van der Waals surface area contributed by atoms with Crippen molar-refractivity contribution in [3.63, 3.8) is 0 Å². The Bertz CT molecular complexity index is 162. The van der Waals surface area contributed by atoms with E-state index in [1.54, 1.807) is 0 Å². The molecule has 76 valence electrons. The van der Waals surface area contributed by atoms with Crippen LogP contribution in [0, 0.1) is 5.92 Å². The molecule has 0 heterocycles. The van der Waals surface area contributed by atoms with E-state index in [4.69, 9.17) is 5.73 Å². The number of carbonyl (C=O) groups excluding carboxylic acids is 1. The van der Waals surface area contributed by atoms with Gasteiger partial charge in [0.15, 0.2) is 0 Å². The molecule has 3 nitrogen and oxygen atoms in total. The summed E-state index contributed by atoms with van der Waals surface area (Å²) in [6.45, 7) is 2.59. The zero-order chi connectivity index (χ0) is 9.68. The minimum Gasteiger partial charge on any atom is -0.352 e. The van der Waals surface area contributed by atoms with Gasteiger partial charge in [-0.15, -0.1) is 0 Å². The average Bonchev–Trinajstić information content (AvgIpc) is 2.07. The maximum Gasteiger partial charge on any atom is 0.220 e. The van der Waals surface area contributed by atoms with E-state index in [1.165, 1.54) is 19.3 Å². The minimum atomic E-state index is 0.174. The van der Waals surface area contributed by atoms with Crippen LogP contribution >= 0.6 is 0 Å². The van der Waals surface area contributed by atoms with Gasteiger partial charge < -0.3 is 11.1 Å². The molecule has 1 saturated carbocycles. The van der Waals surface area contributed by atoms with Crippen molar-refractivity contribution in [1.29, 1.82) is 0 Å². The maximum absolute atomic E-state index is 11.4. The summed E-state index contributed by atoms with van der Waals surface area (Å²) in [5.41, 5.74) is 5.49. The first-order valence-corrected chi connectivity index (χ1v) is 5.25. The van der Waals surface area contributed by atoms with Crippen LogP contribution in [0.5, 0.6) is 0 Å². The first-order valence-electron chi connectivity index (χ1n) is 5.25. The highest BCUT2D eigenvalue weighted by atomic mass is 16.1. The summed E-state index contributed by atoms with van der Waals surface area (Å²) in [5, 5.41) is 2.95. The van der Waals surface area contributed by atoms with Gasteiger partial charge in [-0.05, 0) is 25.2 Å². The van der Waals surface area contributed by atoms with Crippen molar-refractivity contribution >= 4 is 5.91 Å². The summed E-state index contributed by atoms with van der Waals surface area (Å²) >= 11 is 0. The molecule has 0 aromatic heterocycles. The Labute approximate surface area is 80.1 Å². The average molecular weight is 184 g/mol. The molecule has 1 rings (SSSR count). The van der Waals surface area contributed by atoms with Gasteiger partial charge in [0.1, 0.15) is 0 Å². The summed E-state index contributed by atoms with van der Waals surface area (Å²) in [6, 6.07) is 0.174. The second-order valence-corrected chi connectivity index (χ2v) is 3.91. The molecule has 1 atom stereocenters. The number of nitrogens with two attached hydrogens (primary N) is 1. The van der Waals surface area contributed by atoms with Crippen LogP contribution in [0.4, 0.5) is 0 Å². The summed E-state index contributed by atoms with van der Waals surface area (Å²) in [7, 11) is 0. The van der Waals surface area contributed by atoms with E-state index >= 15 is 0 Å². The third-order valence-electron chi connectivity index (χ3n) is 2.84. The molecule has 0 aliphatic heterocycles. The molecular formula is C10H20N2O. The Morgan fingerprint density at radius 2 is 2.31 bits per heavy atom. The van der Waals surface area contributed by atoms with Crippen molar-refractivity contribution in [1.82, 2.24) is 5.32 Å². The normalized spacial score (nSPS) is 19.2. The van der Waals surface area contributed by atoms with Crippen molar-refractivity contribution in [3.05, 3.63) is 0 Å². The van der Waals surface area contributed by atoms with Gasteiger partial charge in [0, 0.05) is 19.0 Å². The molecule has 1 aliphatic carbocycles. The lowest BCUT2D eigenvalue weighted by molar-refractivity contribution is -0.123. The van der Waals surface area contributed by atoms with E-state index in [1.807, 2.05) is 6.92 Å². The third-order valence-corrected chi connectivity index (χ3v) is 2.84. The van der Waals surface area contributed by atoms with Gasteiger partial charge in [-0.25, -0.2) is 0 Å². The van der Waals surface area contributed by atoms with Gasteiger partial charge >= 0.3 is 0 Å². The van der Waals surface area contributed by atoms with Crippen LogP contribution in [0.1, 0.15) is 39.0 Å². The van der Waals surface area contributed by atoms with Gasteiger partial charge in [0.25, 0.3) is 0 Å². The molecule has 1 aliphatic rings. The summed E-state index contributed by atoms with van der Waals surface area (Å²) in [4.78, 5) is 11.4. The fraction of sp³-hybridized carbons (Fsp3) is 0.900. The van der Waals surface area contributed by atoms with Gasteiger partial charge in [0.2, 0.25) is 5.91 Å². The molecule has 1 unspecified atom stereocenters. The van der Waals surface area contributed by atoms with Gasteiger partial charge in [0.05, 0.1) is 0 Å². The lowest BCUT2D eigenvalue weighted by Gasteiger charge is -2.25. The van der Waals surface area contributed by atoms with E-state index < -0.39 is 0 Å². The van der Waals surface area contributed by atoms with Crippen molar-refractivity contribution in [2.45, 2.75) is 45.1 Å². The molecule has 1 amide bonds. The van der Waals surface area contributed by atoms with Crippen LogP contribution in [0.25, 0.3) is 0 Å². The van der Waals surface area contributed by atoms with Crippen LogP contribution < -0.4 is 11.1 Å². The molecule has 0 spiro atoms. The topological polar surface area (TPSA) is 55.1 Å². The van der Waals surface area contributed by atoms with Crippen molar-refractivity contribution in [2.24, 2.45) is 11.7 Å². The van der Waals surface area contributed by atoms with Crippen LogP contribution in [0.2, 0.25) is 0 Å². The summed E-state index contributed by atoms with van der Waals surface area (Å²) < 4.78 is 0. The number of hydrogen-bond donors (Lipinski definition) is 2. The highest BCUT2D eigenvalue weighted by Crippen LogP contribution is 2.29. The fourth-order valence-corrected chi connectivity index (χ4v) is 1.57. The first-order chi connectivity index (χ1) is 6.26. The van der Waals surface area contributed by atoms with Gasteiger partial charge in [-0.1, -0.05) is 13.3 Å². The lowest BCUT2D eigenvalue weighted by atomic mass is 9.83. The predicted octanol–water partition coefficient (Wildman–Crippen LogP) is 1.03. The fourth-order valence-electron chi connectivity index (χ4n) is 1.57. The highest BCUT2D eigenvalue weighted by molar-refractivity contribution is 5.76.